The highest BCUT2D eigenvalue weighted by atomic mass is 35.5. The molecule has 17 heteroatoms. The van der Waals surface area contributed by atoms with Crippen molar-refractivity contribution < 1.29 is 45.1 Å². The number of nitrogens with zero attached hydrogens (tertiary/aromatic N) is 5. The maximum atomic E-state index is 14.7. The molecule has 2 amide bonds. The zero-order valence-corrected chi connectivity index (χ0v) is 27.3. The molecule has 3 aliphatic rings. The largest absolute Gasteiger partial charge is 0.433 e. The summed E-state index contributed by atoms with van der Waals surface area (Å²) in [5, 5.41) is 10.8. The summed E-state index contributed by atoms with van der Waals surface area (Å²) in [6.45, 7) is 1.64. The van der Waals surface area contributed by atoms with Crippen LogP contribution < -0.4 is 5.32 Å². The summed E-state index contributed by atoms with van der Waals surface area (Å²) in [7, 11) is 0. The molecule has 1 N–H and O–H groups in total. The van der Waals surface area contributed by atoms with E-state index in [-0.39, 0.29) is 47.7 Å². The van der Waals surface area contributed by atoms with Crippen molar-refractivity contribution in [3.63, 3.8) is 0 Å². The molecule has 3 aromatic rings. The first-order valence-corrected chi connectivity index (χ1v) is 16.3. The maximum Gasteiger partial charge on any atom is 0.433 e. The highest BCUT2D eigenvalue weighted by Gasteiger charge is 2.43. The van der Waals surface area contributed by atoms with Gasteiger partial charge in [-0.2, -0.15) is 36.5 Å². The normalized spacial score (nSPS) is 20.6. The van der Waals surface area contributed by atoms with Crippen molar-refractivity contribution >= 4 is 23.4 Å². The van der Waals surface area contributed by atoms with Gasteiger partial charge in [0.1, 0.15) is 30.3 Å². The molecule has 0 unspecified atom stereocenters. The minimum absolute atomic E-state index is 0.0434. The van der Waals surface area contributed by atoms with Crippen molar-refractivity contribution in [3.05, 3.63) is 69.0 Å². The first-order valence-electron chi connectivity index (χ1n) is 16.0. The number of halogens is 8. The summed E-state index contributed by atoms with van der Waals surface area (Å²) in [5.74, 6) is -2.22. The second kappa shape index (κ2) is 13.2. The number of hydrogen-bond acceptors (Lipinski definition) is 5. The quantitative estimate of drug-likeness (QED) is 0.228. The molecule has 0 radical (unpaired) electrons. The van der Waals surface area contributed by atoms with E-state index in [4.69, 9.17) is 16.3 Å². The minimum atomic E-state index is -4.74. The zero-order chi connectivity index (χ0) is 35.4. The van der Waals surface area contributed by atoms with Crippen LogP contribution in [0.5, 0.6) is 0 Å². The Kier molecular flexibility index (Phi) is 9.50. The molecule has 2 aliphatic carbocycles. The highest BCUT2D eigenvalue weighted by Crippen LogP contribution is 2.43. The van der Waals surface area contributed by atoms with Crippen LogP contribution in [0.3, 0.4) is 0 Å². The van der Waals surface area contributed by atoms with Crippen LogP contribution in [-0.4, -0.2) is 61.6 Å². The first-order chi connectivity index (χ1) is 23.0. The topological polar surface area (TPSA) is 94.3 Å². The van der Waals surface area contributed by atoms with Gasteiger partial charge in [0, 0.05) is 29.4 Å². The number of nitrogens with one attached hydrogen (secondary N) is 1. The molecule has 0 bridgehead atoms. The molecule has 2 saturated carbocycles. The van der Waals surface area contributed by atoms with E-state index in [0.29, 0.717) is 33.5 Å². The molecule has 1 aromatic carbocycles. The Morgan fingerprint density at radius 1 is 0.918 bits per heavy atom. The number of amides is 2. The van der Waals surface area contributed by atoms with Crippen molar-refractivity contribution in [3.8, 4) is 0 Å². The van der Waals surface area contributed by atoms with Gasteiger partial charge in [0.25, 0.3) is 0 Å². The minimum Gasteiger partial charge on any atom is -0.374 e. The number of carbonyl (C=O) groups excluding carboxylic acids is 2. The Hall–Kier alpha value is -3.66. The van der Waals surface area contributed by atoms with Crippen molar-refractivity contribution in [1.82, 2.24) is 29.8 Å². The molecule has 3 heterocycles. The lowest BCUT2D eigenvalue weighted by Crippen LogP contribution is -2.41. The molecular formula is C32H34ClF7N6O3. The van der Waals surface area contributed by atoms with Gasteiger partial charge in [-0.3, -0.25) is 19.0 Å². The summed E-state index contributed by atoms with van der Waals surface area (Å²) in [6, 6.07) is 2.57. The van der Waals surface area contributed by atoms with E-state index in [1.54, 1.807) is 13.8 Å². The lowest BCUT2D eigenvalue weighted by molar-refractivity contribution is -0.146. The van der Waals surface area contributed by atoms with Gasteiger partial charge < -0.3 is 15.0 Å². The van der Waals surface area contributed by atoms with Crippen LogP contribution in [0.2, 0.25) is 5.02 Å². The maximum absolute atomic E-state index is 14.7. The Labute approximate surface area is 281 Å². The number of hydrogen-bond donors (Lipinski definition) is 1. The van der Waals surface area contributed by atoms with Crippen LogP contribution in [0.1, 0.15) is 90.8 Å². The summed E-state index contributed by atoms with van der Waals surface area (Å²) < 4.78 is 104. The van der Waals surface area contributed by atoms with Gasteiger partial charge in [-0.25, -0.2) is 4.39 Å². The fourth-order valence-corrected chi connectivity index (χ4v) is 6.49. The standard InChI is InChI=1S/C32H34ClF7N6O3/c1-16-9-20(34)10-21(29(16)33)30-24(7-8-44(30)28(48)14-46-26(32(38,39)40)12-23(43-46)19-5-6-19)49-15-17(2)41-27(47)13-45-25(31(35,36)37)11-22(42-45)18-3-4-18/h9-12,17-19,24,30H,3-8,13-15H2,1-2H3,(H,41,47)/t17-,24-,30-/m1/s1. The second-order valence-corrected chi connectivity index (χ2v) is 13.4. The van der Waals surface area contributed by atoms with Crippen molar-refractivity contribution in [1.29, 1.82) is 0 Å². The number of ether oxygens (including phenoxy) is 1. The van der Waals surface area contributed by atoms with Crippen LogP contribution in [-0.2, 0) is 39.8 Å². The lowest BCUT2D eigenvalue weighted by Gasteiger charge is -2.30. The van der Waals surface area contributed by atoms with E-state index < -0.39 is 72.6 Å². The Morgan fingerprint density at radius 2 is 1.47 bits per heavy atom. The van der Waals surface area contributed by atoms with Gasteiger partial charge in [-0.15, -0.1) is 0 Å². The van der Waals surface area contributed by atoms with Crippen LogP contribution in [0, 0.1) is 12.7 Å². The fourth-order valence-electron chi connectivity index (χ4n) is 6.27. The highest BCUT2D eigenvalue weighted by molar-refractivity contribution is 6.32. The number of aromatic nitrogens is 4. The predicted molar refractivity (Wildman–Crippen MR) is 161 cm³/mol. The Bertz CT molecular complexity index is 1730. The van der Waals surface area contributed by atoms with Gasteiger partial charge in [0.05, 0.1) is 30.1 Å². The first kappa shape index (κ1) is 35.2. The molecule has 3 fully saturated rings. The number of likely N-dealkylation sites (tertiary alicyclic amines) is 1. The van der Waals surface area contributed by atoms with Crippen molar-refractivity contribution in [2.24, 2.45) is 0 Å². The molecule has 266 valence electrons. The van der Waals surface area contributed by atoms with E-state index >= 15 is 0 Å². The number of carbonyl (C=O) groups is 2. The molecule has 1 saturated heterocycles. The van der Waals surface area contributed by atoms with Crippen LogP contribution in [0.15, 0.2) is 24.3 Å². The van der Waals surface area contributed by atoms with E-state index in [0.717, 1.165) is 31.0 Å². The summed E-state index contributed by atoms with van der Waals surface area (Å²) in [5.41, 5.74) is -0.930. The SMILES string of the molecule is Cc1cc(F)cc([C@@H]2[C@H](OC[C@@H](C)NC(=O)Cn3nc(C4CC4)cc3C(F)(F)F)CCN2C(=O)Cn2nc(C3CC3)cc2C(F)(F)F)c1Cl. The number of rotatable bonds is 11. The number of alkyl halides is 6. The molecule has 1 aliphatic heterocycles. The number of benzene rings is 1. The molecule has 0 spiro atoms. The fraction of sp³-hybridized carbons (Fsp3) is 0.562. The third-order valence-electron chi connectivity index (χ3n) is 8.94. The second-order valence-electron chi connectivity index (χ2n) is 13.1. The zero-order valence-electron chi connectivity index (χ0n) is 26.5. The van der Waals surface area contributed by atoms with Crippen molar-refractivity contribution in [2.45, 2.75) is 101 Å². The van der Waals surface area contributed by atoms with Crippen LogP contribution in [0.4, 0.5) is 30.7 Å². The molecule has 2 aromatic heterocycles. The van der Waals surface area contributed by atoms with Gasteiger partial charge in [-0.05, 0) is 81.3 Å². The lowest BCUT2D eigenvalue weighted by atomic mass is 9.99. The molecule has 49 heavy (non-hydrogen) atoms. The average Bonchev–Trinajstić information content (AvgIpc) is 3.90. The molecule has 3 atom stereocenters. The van der Waals surface area contributed by atoms with E-state index in [2.05, 4.69) is 15.5 Å². The van der Waals surface area contributed by atoms with E-state index in [1.165, 1.54) is 11.0 Å². The smallest absolute Gasteiger partial charge is 0.374 e. The summed E-state index contributed by atoms with van der Waals surface area (Å²) >= 11 is 6.58. The van der Waals surface area contributed by atoms with Crippen molar-refractivity contribution in [2.75, 3.05) is 13.2 Å². The summed E-state index contributed by atoms with van der Waals surface area (Å²) in [4.78, 5) is 27.7. The predicted octanol–water partition coefficient (Wildman–Crippen LogP) is 6.54. The van der Waals surface area contributed by atoms with Crippen LogP contribution >= 0.6 is 11.6 Å². The monoisotopic (exact) mass is 718 g/mol. The summed E-state index contributed by atoms with van der Waals surface area (Å²) in [6.07, 6.45) is -7.15. The van der Waals surface area contributed by atoms with Gasteiger partial charge in [0.15, 0.2) is 0 Å². The third kappa shape index (κ3) is 7.89. The Morgan fingerprint density at radius 3 is 2.00 bits per heavy atom. The van der Waals surface area contributed by atoms with Gasteiger partial charge >= 0.3 is 12.4 Å². The molecule has 9 nitrogen and oxygen atoms in total. The average molecular weight is 719 g/mol. The van der Waals surface area contributed by atoms with Crippen LogP contribution in [0.25, 0.3) is 0 Å². The van der Waals surface area contributed by atoms with Gasteiger partial charge in [0.2, 0.25) is 11.8 Å². The Balaban J connectivity index is 1.16. The third-order valence-corrected chi connectivity index (χ3v) is 9.46. The molecule has 6 rings (SSSR count). The van der Waals surface area contributed by atoms with E-state index in [1.807, 2.05) is 0 Å². The molecular weight excluding hydrogens is 685 g/mol. The van der Waals surface area contributed by atoms with Gasteiger partial charge in [-0.1, -0.05) is 11.6 Å². The van der Waals surface area contributed by atoms with E-state index in [9.17, 15) is 40.3 Å². The number of aryl methyl sites for hydroxylation is 1.